The number of anilines is 1. The van der Waals surface area contributed by atoms with Crippen molar-refractivity contribution in [2.24, 2.45) is 5.92 Å². The molecule has 2 unspecified atom stereocenters. The van der Waals surface area contributed by atoms with E-state index in [1.807, 2.05) is 0 Å². The summed E-state index contributed by atoms with van der Waals surface area (Å²) in [6.07, 6.45) is 6.33. The molecule has 0 radical (unpaired) electrons. The molecule has 1 aliphatic carbocycles. The van der Waals surface area contributed by atoms with Crippen LogP contribution in [0.2, 0.25) is 0 Å². The van der Waals surface area contributed by atoms with Crippen molar-refractivity contribution in [1.82, 2.24) is 0 Å². The first-order valence-corrected chi connectivity index (χ1v) is 7.74. The minimum Gasteiger partial charge on any atom is -0.491 e. The van der Waals surface area contributed by atoms with Gasteiger partial charge in [0, 0.05) is 6.04 Å². The van der Waals surface area contributed by atoms with E-state index < -0.39 is 0 Å². The van der Waals surface area contributed by atoms with Gasteiger partial charge in [-0.3, -0.25) is 0 Å². The maximum absolute atomic E-state index is 5.88. The Morgan fingerprint density at radius 1 is 1.26 bits per heavy atom. The molecule has 1 aliphatic rings. The zero-order valence-corrected chi connectivity index (χ0v) is 12.5. The van der Waals surface area contributed by atoms with Gasteiger partial charge in [0.15, 0.2) is 0 Å². The first-order valence-electron chi connectivity index (χ1n) is 7.74. The topological polar surface area (TPSA) is 21.3 Å². The molecule has 0 bridgehead atoms. The number of hydrogen-bond donors (Lipinski definition) is 1. The second-order valence-corrected chi connectivity index (χ2v) is 5.70. The normalized spacial score (nSPS) is 22.5. The summed E-state index contributed by atoms with van der Waals surface area (Å²) in [5.41, 5.74) is 2.43. The van der Waals surface area contributed by atoms with Gasteiger partial charge in [-0.05, 0) is 49.8 Å². The Labute approximate surface area is 117 Å². The minimum absolute atomic E-state index is 0.622. The lowest BCUT2D eigenvalue weighted by molar-refractivity contribution is 0.318. The van der Waals surface area contributed by atoms with Crippen LogP contribution in [0.3, 0.4) is 0 Å². The van der Waals surface area contributed by atoms with Crippen LogP contribution in [-0.2, 0) is 0 Å². The number of ether oxygens (including phenoxy) is 1. The van der Waals surface area contributed by atoms with Gasteiger partial charge in [-0.15, -0.1) is 0 Å². The zero-order valence-electron chi connectivity index (χ0n) is 12.5. The van der Waals surface area contributed by atoms with Gasteiger partial charge in [0.1, 0.15) is 5.75 Å². The van der Waals surface area contributed by atoms with Crippen molar-refractivity contribution in [2.45, 2.75) is 58.9 Å². The van der Waals surface area contributed by atoms with E-state index in [0.717, 1.165) is 24.7 Å². The fourth-order valence-electron chi connectivity index (χ4n) is 3.00. The van der Waals surface area contributed by atoms with Crippen molar-refractivity contribution in [1.29, 1.82) is 0 Å². The molecule has 1 fully saturated rings. The number of rotatable bonds is 6. The number of benzene rings is 1. The Kier molecular flexibility index (Phi) is 5.12. The van der Waals surface area contributed by atoms with Gasteiger partial charge in [0.05, 0.1) is 12.3 Å². The van der Waals surface area contributed by atoms with Gasteiger partial charge in [-0.25, -0.2) is 0 Å². The third kappa shape index (κ3) is 3.65. The number of aryl methyl sites for hydroxylation is 1. The Bertz CT molecular complexity index is 402. The van der Waals surface area contributed by atoms with E-state index in [0.29, 0.717) is 6.04 Å². The molecule has 1 aromatic carbocycles. The molecule has 0 aromatic heterocycles. The van der Waals surface area contributed by atoms with E-state index in [2.05, 4.69) is 44.3 Å². The standard InChI is InChI=1S/C17H27NO/c1-4-11-19-17-12-13(3)9-10-16(17)18-15-8-6-7-14(15)5-2/h9-10,12,14-15,18H,4-8,11H2,1-3H3. The lowest BCUT2D eigenvalue weighted by atomic mass is 10.0. The molecule has 19 heavy (non-hydrogen) atoms. The van der Waals surface area contributed by atoms with Crippen molar-refractivity contribution < 1.29 is 4.74 Å². The Morgan fingerprint density at radius 2 is 2.11 bits per heavy atom. The second-order valence-electron chi connectivity index (χ2n) is 5.70. The molecule has 1 N–H and O–H groups in total. The molecule has 2 rings (SSSR count). The minimum atomic E-state index is 0.622. The van der Waals surface area contributed by atoms with Crippen molar-refractivity contribution in [3.8, 4) is 5.75 Å². The van der Waals surface area contributed by atoms with E-state index in [1.54, 1.807) is 0 Å². The maximum Gasteiger partial charge on any atom is 0.142 e. The third-order valence-corrected chi connectivity index (χ3v) is 4.12. The first-order chi connectivity index (χ1) is 9.24. The summed E-state index contributed by atoms with van der Waals surface area (Å²) in [6.45, 7) is 7.36. The van der Waals surface area contributed by atoms with Crippen LogP contribution in [-0.4, -0.2) is 12.6 Å². The Morgan fingerprint density at radius 3 is 2.84 bits per heavy atom. The van der Waals surface area contributed by atoms with Crippen molar-refractivity contribution in [3.05, 3.63) is 23.8 Å². The van der Waals surface area contributed by atoms with Crippen LogP contribution in [0.4, 0.5) is 5.69 Å². The monoisotopic (exact) mass is 261 g/mol. The van der Waals surface area contributed by atoms with E-state index >= 15 is 0 Å². The van der Waals surface area contributed by atoms with Gasteiger partial charge in [0.2, 0.25) is 0 Å². The highest BCUT2D eigenvalue weighted by Gasteiger charge is 2.26. The van der Waals surface area contributed by atoms with Crippen LogP contribution >= 0.6 is 0 Å². The van der Waals surface area contributed by atoms with Crippen LogP contribution in [0.5, 0.6) is 5.75 Å². The van der Waals surface area contributed by atoms with Gasteiger partial charge >= 0.3 is 0 Å². The average Bonchev–Trinajstić information content (AvgIpc) is 2.86. The number of hydrogen-bond acceptors (Lipinski definition) is 2. The van der Waals surface area contributed by atoms with Crippen molar-refractivity contribution in [2.75, 3.05) is 11.9 Å². The van der Waals surface area contributed by atoms with E-state index in [-0.39, 0.29) is 0 Å². The molecule has 0 aliphatic heterocycles. The first kappa shape index (κ1) is 14.2. The molecule has 0 heterocycles. The fourth-order valence-corrected chi connectivity index (χ4v) is 3.00. The molecular weight excluding hydrogens is 234 g/mol. The van der Waals surface area contributed by atoms with Gasteiger partial charge in [0.25, 0.3) is 0 Å². The molecule has 1 saturated carbocycles. The summed E-state index contributed by atoms with van der Waals surface area (Å²) in [7, 11) is 0. The molecule has 106 valence electrons. The summed E-state index contributed by atoms with van der Waals surface area (Å²) in [4.78, 5) is 0. The smallest absolute Gasteiger partial charge is 0.142 e. The second kappa shape index (κ2) is 6.83. The van der Waals surface area contributed by atoms with Crippen LogP contribution < -0.4 is 10.1 Å². The molecule has 2 heteroatoms. The predicted molar refractivity (Wildman–Crippen MR) is 82.0 cm³/mol. The van der Waals surface area contributed by atoms with Crippen LogP contribution in [0.15, 0.2) is 18.2 Å². The Balaban J connectivity index is 2.09. The average molecular weight is 261 g/mol. The molecule has 2 nitrogen and oxygen atoms in total. The highest BCUT2D eigenvalue weighted by Crippen LogP contribution is 2.34. The van der Waals surface area contributed by atoms with Crippen molar-refractivity contribution >= 4 is 5.69 Å². The highest BCUT2D eigenvalue weighted by atomic mass is 16.5. The molecule has 0 amide bonds. The summed E-state index contributed by atoms with van der Waals surface area (Å²) in [5.74, 6) is 1.84. The maximum atomic E-state index is 5.88. The predicted octanol–water partition coefficient (Wildman–Crippen LogP) is 4.77. The number of nitrogens with one attached hydrogen (secondary N) is 1. The van der Waals surface area contributed by atoms with Gasteiger partial charge in [-0.2, -0.15) is 0 Å². The van der Waals surface area contributed by atoms with Crippen LogP contribution in [0.1, 0.15) is 51.5 Å². The molecule has 0 saturated heterocycles. The van der Waals surface area contributed by atoms with E-state index in [9.17, 15) is 0 Å². The third-order valence-electron chi connectivity index (χ3n) is 4.12. The SMILES string of the molecule is CCCOc1cc(C)ccc1NC1CCCC1CC. The summed E-state index contributed by atoms with van der Waals surface area (Å²) < 4.78 is 5.88. The van der Waals surface area contributed by atoms with E-state index in [4.69, 9.17) is 4.74 Å². The fraction of sp³-hybridized carbons (Fsp3) is 0.647. The Hall–Kier alpha value is -1.18. The summed E-state index contributed by atoms with van der Waals surface area (Å²) in [5, 5.41) is 3.72. The largest absolute Gasteiger partial charge is 0.491 e. The van der Waals surface area contributed by atoms with Crippen molar-refractivity contribution in [3.63, 3.8) is 0 Å². The molecular formula is C17H27NO. The van der Waals surface area contributed by atoms with Gasteiger partial charge in [-0.1, -0.05) is 32.8 Å². The van der Waals surface area contributed by atoms with Crippen LogP contribution in [0, 0.1) is 12.8 Å². The zero-order chi connectivity index (χ0) is 13.7. The summed E-state index contributed by atoms with van der Waals surface area (Å²) in [6, 6.07) is 7.10. The lowest BCUT2D eigenvalue weighted by Crippen LogP contribution is -2.23. The highest BCUT2D eigenvalue weighted by molar-refractivity contribution is 5.58. The van der Waals surface area contributed by atoms with E-state index in [1.165, 1.54) is 36.9 Å². The van der Waals surface area contributed by atoms with Crippen LogP contribution in [0.25, 0.3) is 0 Å². The molecule has 0 spiro atoms. The molecule has 1 aromatic rings. The lowest BCUT2D eigenvalue weighted by Gasteiger charge is -2.23. The summed E-state index contributed by atoms with van der Waals surface area (Å²) >= 11 is 0. The molecule has 2 atom stereocenters. The quantitative estimate of drug-likeness (QED) is 0.796. The van der Waals surface area contributed by atoms with Gasteiger partial charge < -0.3 is 10.1 Å².